The van der Waals surface area contributed by atoms with Gasteiger partial charge in [0.05, 0.1) is 18.7 Å². The molecule has 0 saturated heterocycles. The van der Waals surface area contributed by atoms with Crippen LogP contribution in [0.1, 0.15) is 31.4 Å². The van der Waals surface area contributed by atoms with E-state index in [2.05, 4.69) is 28.6 Å². The SMILES string of the molecule is [C-]#[N+]c1cc2c(Oc3ccc(CC(=O)Cc4ccc(F)cc4)c(F)c3)ccnc2cc1OCCCN(CC)CC. The van der Waals surface area contributed by atoms with Gasteiger partial charge in [0.1, 0.15) is 34.7 Å². The number of rotatable bonds is 13. The molecule has 0 aliphatic carbocycles. The van der Waals surface area contributed by atoms with Gasteiger partial charge >= 0.3 is 0 Å². The van der Waals surface area contributed by atoms with E-state index < -0.39 is 5.82 Å². The van der Waals surface area contributed by atoms with E-state index in [0.29, 0.717) is 40.3 Å². The number of carbonyl (C=O) groups is 1. The molecule has 40 heavy (non-hydrogen) atoms. The highest BCUT2D eigenvalue weighted by Gasteiger charge is 2.14. The second-order valence-corrected chi connectivity index (χ2v) is 9.36. The van der Waals surface area contributed by atoms with Crippen molar-refractivity contribution in [1.82, 2.24) is 9.88 Å². The molecule has 0 bridgehead atoms. The molecule has 0 spiro atoms. The number of carbonyl (C=O) groups excluding carboxylic acids is 1. The van der Waals surface area contributed by atoms with Gasteiger partial charge in [-0.25, -0.2) is 13.6 Å². The van der Waals surface area contributed by atoms with Crippen LogP contribution in [-0.4, -0.2) is 41.9 Å². The van der Waals surface area contributed by atoms with Crippen molar-refractivity contribution >= 4 is 22.4 Å². The fourth-order valence-corrected chi connectivity index (χ4v) is 4.41. The molecule has 3 aromatic carbocycles. The number of benzene rings is 3. The number of hydrogen-bond donors (Lipinski definition) is 0. The molecule has 0 amide bonds. The van der Waals surface area contributed by atoms with Gasteiger partial charge in [0.25, 0.3) is 0 Å². The molecule has 4 rings (SSSR count). The second kappa shape index (κ2) is 13.6. The Labute approximate surface area is 233 Å². The normalized spacial score (nSPS) is 11.0. The van der Waals surface area contributed by atoms with Crippen LogP contribution in [0.15, 0.2) is 66.9 Å². The number of aromatic nitrogens is 1. The first-order valence-electron chi connectivity index (χ1n) is 13.3. The van der Waals surface area contributed by atoms with Crippen molar-refractivity contribution < 1.29 is 23.0 Å². The van der Waals surface area contributed by atoms with Gasteiger partial charge in [-0.3, -0.25) is 9.78 Å². The third-order valence-corrected chi connectivity index (χ3v) is 6.63. The van der Waals surface area contributed by atoms with E-state index in [1.807, 2.05) is 0 Å². The topological polar surface area (TPSA) is 56.0 Å². The number of fused-ring (bicyclic) bond motifs is 1. The molecular formula is C32H31F2N3O3. The standard InChI is InChI=1S/C32H31F2N3O3/c1-4-37(5-2)15-6-16-39-32-21-29-27(20-30(32)35-3)31(13-14-36-29)40-26-12-9-23(28(34)19-26)18-25(38)17-22-7-10-24(33)11-8-22/h7-14,19-21H,4-6,15-18H2,1-2H3. The first-order valence-corrected chi connectivity index (χ1v) is 13.3. The van der Waals surface area contributed by atoms with Crippen LogP contribution >= 0.6 is 0 Å². The Balaban J connectivity index is 1.45. The minimum Gasteiger partial charge on any atom is -0.504 e. The highest BCUT2D eigenvalue weighted by molar-refractivity contribution is 5.91. The zero-order chi connectivity index (χ0) is 28.5. The Bertz CT molecular complexity index is 1510. The maximum absolute atomic E-state index is 14.9. The predicted octanol–water partition coefficient (Wildman–Crippen LogP) is 7.32. The van der Waals surface area contributed by atoms with Crippen molar-refractivity contribution in [3.05, 3.63) is 101 Å². The first kappa shape index (κ1) is 28.7. The zero-order valence-corrected chi connectivity index (χ0v) is 22.6. The van der Waals surface area contributed by atoms with Gasteiger partial charge in [-0.05, 0) is 67.0 Å². The number of ether oxygens (including phenoxy) is 2. The first-order chi connectivity index (χ1) is 19.4. The van der Waals surface area contributed by atoms with Crippen LogP contribution in [0, 0.1) is 18.2 Å². The molecule has 6 nitrogen and oxygen atoms in total. The molecule has 0 atom stereocenters. The molecule has 1 heterocycles. The third-order valence-electron chi connectivity index (χ3n) is 6.63. The summed E-state index contributed by atoms with van der Waals surface area (Å²) in [5.74, 6) is 0.0126. The Morgan fingerprint density at radius 2 is 1.75 bits per heavy atom. The third kappa shape index (κ3) is 7.39. The van der Waals surface area contributed by atoms with Crippen LogP contribution < -0.4 is 9.47 Å². The largest absolute Gasteiger partial charge is 0.504 e. The van der Waals surface area contributed by atoms with Crippen LogP contribution in [0.25, 0.3) is 15.7 Å². The van der Waals surface area contributed by atoms with Crippen molar-refractivity contribution in [3.8, 4) is 17.2 Å². The summed E-state index contributed by atoms with van der Waals surface area (Å²) in [6.45, 7) is 15.2. The van der Waals surface area contributed by atoms with Gasteiger partial charge in [0, 0.05) is 37.0 Å². The van der Waals surface area contributed by atoms with E-state index in [1.54, 1.807) is 42.6 Å². The molecule has 4 aromatic rings. The van der Waals surface area contributed by atoms with E-state index in [4.69, 9.17) is 16.0 Å². The van der Waals surface area contributed by atoms with Gasteiger partial charge in [-0.2, -0.15) is 0 Å². The maximum Gasteiger partial charge on any atom is 0.229 e. The summed E-state index contributed by atoms with van der Waals surface area (Å²) in [6.07, 6.45) is 2.42. The maximum atomic E-state index is 14.9. The van der Waals surface area contributed by atoms with Gasteiger partial charge in [-0.15, -0.1) is 0 Å². The summed E-state index contributed by atoms with van der Waals surface area (Å²) in [4.78, 5) is 22.8. The summed E-state index contributed by atoms with van der Waals surface area (Å²) >= 11 is 0. The van der Waals surface area contributed by atoms with Crippen LogP contribution in [0.4, 0.5) is 14.5 Å². The lowest BCUT2D eigenvalue weighted by molar-refractivity contribution is -0.117. The molecule has 8 heteroatoms. The summed E-state index contributed by atoms with van der Waals surface area (Å²) in [7, 11) is 0. The fraction of sp³-hybridized carbons (Fsp3) is 0.281. The summed E-state index contributed by atoms with van der Waals surface area (Å²) in [6, 6.07) is 15.1. The quantitative estimate of drug-likeness (QED) is 0.131. The fourth-order valence-electron chi connectivity index (χ4n) is 4.41. The zero-order valence-electron chi connectivity index (χ0n) is 22.6. The molecule has 0 fully saturated rings. The minimum atomic E-state index is -0.564. The highest BCUT2D eigenvalue weighted by Crippen LogP contribution is 2.37. The van der Waals surface area contributed by atoms with E-state index in [-0.39, 0.29) is 35.8 Å². The van der Waals surface area contributed by atoms with Crippen LogP contribution in [0.2, 0.25) is 0 Å². The molecule has 0 saturated carbocycles. The average Bonchev–Trinajstić information content (AvgIpc) is 2.95. The minimum absolute atomic E-state index is 0.0893. The van der Waals surface area contributed by atoms with E-state index >= 15 is 0 Å². The number of ketones is 1. The number of Topliss-reactive ketones (excluding diaryl/α,β-unsaturated/α-hetero) is 1. The lowest BCUT2D eigenvalue weighted by atomic mass is 10.0. The van der Waals surface area contributed by atoms with Gasteiger partial charge in [-0.1, -0.05) is 32.0 Å². The highest BCUT2D eigenvalue weighted by atomic mass is 19.1. The monoisotopic (exact) mass is 543 g/mol. The molecule has 0 radical (unpaired) electrons. The Morgan fingerprint density at radius 1 is 0.975 bits per heavy atom. The average molecular weight is 544 g/mol. The van der Waals surface area contributed by atoms with Crippen molar-refractivity contribution in [2.75, 3.05) is 26.2 Å². The van der Waals surface area contributed by atoms with E-state index in [0.717, 1.165) is 26.1 Å². The van der Waals surface area contributed by atoms with Crippen molar-refractivity contribution in [2.45, 2.75) is 33.1 Å². The summed E-state index contributed by atoms with van der Waals surface area (Å²) in [5, 5.41) is 0.600. The summed E-state index contributed by atoms with van der Waals surface area (Å²) in [5.41, 5.74) is 1.85. The van der Waals surface area contributed by atoms with E-state index in [1.165, 1.54) is 24.3 Å². The number of pyridine rings is 1. The predicted molar refractivity (Wildman–Crippen MR) is 151 cm³/mol. The van der Waals surface area contributed by atoms with Crippen molar-refractivity contribution in [3.63, 3.8) is 0 Å². The van der Waals surface area contributed by atoms with Gasteiger partial charge in [0.15, 0.2) is 0 Å². The molecule has 206 valence electrons. The molecule has 0 aliphatic rings. The Morgan fingerprint density at radius 3 is 2.45 bits per heavy atom. The molecule has 0 aliphatic heterocycles. The smallest absolute Gasteiger partial charge is 0.229 e. The van der Waals surface area contributed by atoms with Gasteiger partial charge in [0.2, 0.25) is 5.69 Å². The van der Waals surface area contributed by atoms with Crippen molar-refractivity contribution in [2.24, 2.45) is 0 Å². The molecular weight excluding hydrogens is 512 g/mol. The molecule has 1 aromatic heterocycles. The van der Waals surface area contributed by atoms with Crippen LogP contribution in [-0.2, 0) is 17.6 Å². The molecule has 0 unspecified atom stereocenters. The number of halogens is 2. The second-order valence-electron chi connectivity index (χ2n) is 9.36. The Kier molecular flexibility index (Phi) is 9.76. The Hall–Kier alpha value is -4.35. The number of nitrogens with zero attached hydrogens (tertiary/aromatic N) is 3. The lowest BCUT2D eigenvalue weighted by Gasteiger charge is -2.18. The molecule has 0 N–H and O–H groups in total. The summed E-state index contributed by atoms with van der Waals surface area (Å²) < 4.78 is 39.9. The lowest BCUT2D eigenvalue weighted by Crippen LogP contribution is -2.25. The van der Waals surface area contributed by atoms with Crippen LogP contribution in [0.3, 0.4) is 0 Å². The van der Waals surface area contributed by atoms with E-state index in [9.17, 15) is 13.6 Å². The van der Waals surface area contributed by atoms with Gasteiger partial charge < -0.3 is 14.4 Å². The van der Waals surface area contributed by atoms with Crippen LogP contribution in [0.5, 0.6) is 17.2 Å². The number of hydrogen-bond acceptors (Lipinski definition) is 5. The van der Waals surface area contributed by atoms with Crippen molar-refractivity contribution in [1.29, 1.82) is 0 Å².